The van der Waals surface area contributed by atoms with Crippen LogP contribution in [0.3, 0.4) is 0 Å². The predicted octanol–water partition coefficient (Wildman–Crippen LogP) is 3.61. The highest BCUT2D eigenvalue weighted by Crippen LogP contribution is 2.25. The molecule has 0 unspecified atom stereocenters. The van der Waals surface area contributed by atoms with E-state index in [1.807, 2.05) is 6.08 Å². The largest absolute Gasteiger partial charge is 0.497 e. The fourth-order valence-corrected chi connectivity index (χ4v) is 2.16. The molecule has 4 nitrogen and oxygen atoms in total. The molecule has 0 saturated carbocycles. The molecule has 0 radical (unpaired) electrons. The molecule has 0 atom stereocenters. The number of carbonyl (C=O) groups excluding carboxylic acids is 1. The summed E-state index contributed by atoms with van der Waals surface area (Å²) in [7, 11) is 3.09. The van der Waals surface area contributed by atoms with Gasteiger partial charge in [-0.3, -0.25) is 4.79 Å². The lowest BCUT2D eigenvalue weighted by atomic mass is 9.98. The van der Waals surface area contributed by atoms with Crippen molar-refractivity contribution < 1.29 is 14.3 Å². The third-order valence-electron chi connectivity index (χ3n) is 3.45. The summed E-state index contributed by atoms with van der Waals surface area (Å²) in [5, 5.41) is 8.80. The Labute approximate surface area is 130 Å². The zero-order valence-electron chi connectivity index (χ0n) is 12.6. The number of ether oxygens (including phenoxy) is 2. The number of benzene rings is 1. The van der Waals surface area contributed by atoms with E-state index in [0.717, 1.165) is 17.6 Å². The maximum atomic E-state index is 12.3. The Hall–Kier alpha value is -2.80. The number of nitriles is 1. The third kappa shape index (κ3) is 3.64. The molecule has 1 aromatic rings. The summed E-state index contributed by atoms with van der Waals surface area (Å²) in [5.41, 5.74) is 2.28. The van der Waals surface area contributed by atoms with Crippen LogP contribution in [0.4, 0.5) is 0 Å². The minimum absolute atomic E-state index is 0.129. The number of methoxy groups -OCH3 is 2. The van der Waals surface area contributed by atoms with Crippen LogP contribution in [-0.2, 0) is 0 Å². The van der Waals surface area contributed by atoms with Gasteiger partial charge in [0.15, 0.2) is 5.78 Å². The molecule has 1 aromatic carbocycles. The van der Waals surface area contributed by atoms with E-state index in [0.29, 0.717) is 23.5 Å². The molecule has 0 spiro atoms. The van der Waals surface area contributed by atoms with Crippen LogP contribution in [0.2, 0.25) is 0 Å². The summed E-state index contributed by atoms with van der Waals surface area (Å²) < 4.78 is 10.4. The minimum atomic E-state index is -0.129. The summed E-state index contributed by atoms with van der Waals surface area (Å²) in [5.74, 6) is 0.996. The summed E-state index contributed by atoms with van der Waals surface area (Å²) >= 11 is 0. The fourth-order valence-electron chi connectivity index (χ4n) is 2.16. The van der Waals surface area contributed by atoms with E-state index in [1.165, 1.54) is 13.2 Å². The SMILES string of the molecule is COc1ccc(C(=O)/C=C/C2=CC=C(C#N)CC2)c(OC)c1. The summed E-state index contributed by atoms with van der Waals surface area (Å²) in [6, 6.07) is 7.24. The Morgan fingerprint density at radius 3 is 2.64 bits per heavy atom. The van der Waals surface area contributed by atoms with E-state index < -0.39 is 0 Å². The van der Waals surface area contributed by atoms with E-state index in [-0.39, 0.29) is 5.78 Å². The molecule has 1 aliphatic rings. The molecule has 1 aliphatic carbocycles. The minimum Gasteiger partial charge on any atom is -0.497 e. The van der Waals surface area contributed by atoms with Gasteiger partial charge in [-0.1, -0.05) is 12.2 Å². The molecule has 112 valence electrons. The molecule has 2 rings (SSSR count). The Bertz CT molecular complexity index is 706. The third-order valence-corrected chi connectivity index (χ3v) is 3.45. The van der Waals surface area contributed by atoms with Gasteiger partial charge in [-0.25, -0.2) is 0 Å². The second-order valence-electron chi connectivity index (χ2n) is 4.81. The van der Waals surface area contributed by atoms with Gasteiger partial charge in [0.25, 0.3) is 0 Å². The number of ketones is 1. The molecular weight excluding hydrogens is 278 g/mol. The number of carbonyl (C=O) groups is 1. The molecule has 0 amide bonds. The van der Waals surface area contributed by atoms with Crippen LogP contribution in [0.5, 0.6) is 11.5 Å². The van der Waals surface area contributed by atoms with Crippen molar-refractivity contribution in [2.24, 2.45) is 0 Å². The molecular formula is C18H17NO3. The summed E-state index contributed by atoms with van der Waals surface area (Å²) in [6.45, 7) is 0. The first kappa shape index (κ1) is 15.6. The van der Waals surface area contributed by atoms with Gasteiger partial charge < -0.3 is 9.47 Å². The monoisotopic (exact) mass is 295 g/mol. The molecule has 0 N–H and O–H groups in total. The van der Waals surface area contributed by atoms with E-state index >= 15 is 0 Å². The van der Waals surface area contributed by atoms with E-state index in [4.69, 9.17) is 14.7 Å². The number of nitrogens with zero attached hydrogens (tertiary/aromatic N) is 1. The lowest BCUT2D eigenvalue weighted by Gasteiger charge is -2.08. The lowest BCUT2D eigenvalue weighted by Crippen LogP contribution is -2.00. The van der Waals surface area contributed by atoms with Crippen LogP contribution in [0.1, 0.15) is 23.2 Å². The van der Waals surface area contributed by atoms with E-state index in [2.05, 4.69) is 6.07 Å². The first-order valence-electron chi connectivity index (χ1n) is 6.92. The summed E-state index contributed by atoms with van der Waals surface area (Å²) in [6.07, 6.45) is 8.46. The van der Waals surface area contributed by atoms with Gasteiger partial charge in [0.05, 0.1) is 25.9 Å². The highest BCUT2D eigenvalue weighted by atomic mass is 16.5. The summed E-state index contributed by atoms with van der Waals surface area (Å²) in [4.78, 5) is 12.3. The van der Waals surface area contributed by atoms with Crippen molar-refractivity contribution in [2.75, 3.05) is 14.2 Å². The maximum Gasteiger partial charge on any atom is 0.189 e. The van der Waals surface area contributed by atoms with Crippen molar-refractivity contribution in [1.29, 1.82) is 5.26 Å². The Balaban J connectivity index is 2.16. The molecule has 0 fully saturated rings. The molecule has 0 heterocycles. The van der Waals surface area contributed by atoms with Crippen LogP contribution < -0.4 is 9.47 Å². The fraction of sp³-hybridized carbons (Fsp3) is 0.222. The average molecular weight is 295 g/mol. The first-order valence-corrected chi connectivity index (χ1v) is 6.92. The molecule has 0 saturated heterocycles. The van der Waals surface area contributed by atoms with Crippen molar-refractivity contribution in [1.82, 2.24) is 0 Å². The smallest absolute Gasteiger partial charge is 0.189 e. The molecule has 4 heteroatoms. The predicted molar refractivity (Wildman–Crippen MR) is 84.0 cm³/mol. The van der Waals surface area contributed by atoms with Crippen molar-refractivity contribution in [3.05, 3.63) is 59.2 Å². The zero-order valence-corrected chi connectivity index (χ0v) is 12.6. The second kappa shape index (κ2) is 7.28. The number of hydrogen-bond donors (Lipinski definition) is 0. The van der Waals surface area contributed by atoms with Crippen LogP contribution >= 0.6 is 0 Å². The quantitative estimate of drug-likeness (QED) is 0.615. The topological polar surface area (TPSA) is 59.3 Å². The van der Waals surface area contributed by atoms with Crippen LogP contribution in [-0.4, -0.2) is 20.0 Å². The van der Waals surface area contributed by atoms with Crippen molar-refractivity contribution >= 4 is 5.78 Å². The Morgan fingerprint density at radius 1 is 1.23 bits per heavy atom. The highest BCUT2D eigenvalue weighted by Gasteiger charge is 2.11. The van der Waals surface area contributed by atoms with Gasteiger partial charge >= 0.3 is 0 Å². The lowest BCUT2D eigenvalue weighted by molar-refractivity contribution is 0.104. The number of rotatable bonds is 5. The molecule has 0 bridgehead atoms. The van der Waals surface area contributed by atoms with Gasteiger partial charge in [0, 0.05) is 11.6 Å². The highest BCUT2D eigenvalue weighted by molar-refractivity contribution is 6.06. The van der Waals surface area contributed by atoms with Gasteiger partial charge in [0.2, 0.25) is 0 Å². The van der Waals surface area contributed by atoms with Crippen molar-refractivity contribution in [3.63, 3.8) is 0 Å². The van der Waals surface area contributed by atoms with Crippen LogP contribution in [0, 0.1) is 11.3 Å². The maximum absolute atomic E-state index is 12.3. The average Bonchev–Trinajstić information content (AvgIpc) is 2.59. The molecule has 22 heavy (non-hydrogen) atoms. The van der Waals surface area contributed by atoms with Gasteiger partial charge in [-0.05, 0) is 42.7 Å². The first-order chi connectivity index (χ1) is 10.7. The Morgan fingerprint density at radius 2 is 2.05 bits per heavy atom. The van der Waals surface area contributed by atoms with Gasteiger partial charge in [-0.2, -0.15) is 5.26 Å². The van der Waals surface area contributed by atoms with Crippen molar-refractivity contribution in [3.8, 4) is 17.6 Å². The Kier molecular flexibility index (Phi) is 5.16. The van der Waals surface area contributed by atoms with Crippen LogP contribution in [0.25, 0.3) is 0 Å². The normalized spacial score (nSPS) is 14.0. The van der Waals surface area contributed by atoms with Gasteiger partial charge in [0.1, 0.15) is 11.5 Å². The van der Waals surface area contributed by atoms with Crippen LogP contribution in [0.15, 0.2) is 53.6 Å². The van der Waals surface area contributed by atoms with Gasteiger partial charge in [-0.15, -0.1) is 0 Å². The van der Waals surface area contributed by atoms with E-state index in [9.17, 15) is 4.79 Å². The standard InChI is InChI=1S/C18H17NO3/c1-21-15-8-9-16(18(11-15)22-2)17(20)10-7-13-3-5-14(12-19)6-4-13/h3,5,7-11H,4,6H2,1-2H3/b10-7+. The second-order valence-corrected chi connectivity index (χ2v) is 4.81. The van der Waals surface area contributed by atoms with Crippen molar-refractivity contribution in [2.45, 2.75) is 12.8 Å². The number of hydrogen-bond acceptors (Lipinski definition) is 4. The van der Waals surface area contributed by atoms with E-state index in [1.54, 1.807) is 37.5 Å². The zero-order chi connectivity index (χ0) is 15.9. The molecule has 0 aromatic heterocycles. The molecule has 0 aliphatic heterocycles. The number of allylic oxidation sites excluding steroid dienone is 6.